The van der Waals surface area contributed by atoms with Gasteiger partial charge in [-0.25, -0.2) is 13.8 Å². The first-order valence-corrected chi connectivity index (χ1v) is 12.8. The molecule has 0 aliphatic carbocycles. The Hall–Kier alpha value is -3.18. The van der Waals surface area contributed by atoms with E-state index in [0.717, 1.165) is 28.0 Å². The molecule has 1 N–H and O–H groups in total. The van der Waals surface area contributed by atoms with Crippen molar-refractivity contribution in [3.05, 3.63) is 82.6 Å². The first-order valence-electron chi connectivity index (χ1n) is 11.1. The van der Waals surface area contributed by atoms with Crippen molar-refractivity contribution in [2.45, 2.75) is 25.4 Å². The van der Waals surface area contributed by atoms with Crippen LogP contribution in [-0.2, 0) is 11.3 Å². The van der Waals surface area contributed by atoms with Crippen LogP contribution < -0.4 is 4.90 Å². The van der Waals surface area contributed by atoms with Gasteiger partial charge in [0.1, 0.15) is 18.5 Å². The van der Waals surface area contributed by atoms with E-state index in [4.69, 9.17) is 10.1 Å². The van der Waals surface area contributed by atoms with Gasteiger partial charge in [-0.05, 0) is 48.7 Å². The second kappa shape index (κ2) is 10.2. The standard InChI is InChI=1S/C24H22BrFN6O2S/c25-16-5-7-21-18(13-16)23(17-3-1-2-4-19(17)26)28-20(6-8-22(33)34)24-29-32(15-31(21)24)35-12-11-30-10-9-27-14-30/h1-5,7,9-10,13-14,20H,6,8,11-12,15H2,(H,33,34)/t20-/m0/s1. The summed E-state index contributed by atoms with van der Waals surface area (Å²) in [6, 6.07) is 11.8. The number of hydrogen-bond acceptors (Lipinski definition) is 7. The van der Waals surface area contributed by atoms with Gasteiger partial charge in [0.15, 0.2) is 5.84 Å². The van der Waals surface area contributed by atoms with Crippen molar-refractivity contribution in [1.82, 2.24) is 14.0 Å². The summed E-state index contributed by atoms with van der Waals surface area (Å²) in [7, 11) is 0. The summed E-state index contributed by atoms with van der Waals surface area (Å²) in [5.74, 6) is 0.164. The van der Waals surface area contributed by atoms with Crippen LogP contribution in [0.15, 0.2) is 75.8 Å². The van der Waals surface area contributed by atoms with E-state index in [-0.39, 0.29) is 18.7 Å². The third kappa shape index (κ3) is 5.10. The number of hydrogen-bond donors (Lipinski definition) is 1. The Morgan fingerprint density at radius 1 is 1.23 bits per heavy atom. The van der Waals surface area contributed by atoms with Crippen LogP contribution in [0.1, 0.15) is 24.0 Å². The number of benzene rings is 2. The number of nitrogens with zero attached hydrogens (tertiary/aromatic N) is 6. The summed E-state index contributed by atoms with van der Waals surface area (Å²) < 4.78 is 19.6. The number of aryl methyl sites for hydroxylation is 1. The second-order valence-corrected chi connectivity index (χ2v) is 10.1. The zero-order valence-electron chi connectivity index (χ0n) is 18.6. The van der Waals surface area contributed by atoms with E-state index in [0.29, 0.717) is 23.8 Å². The number of hydrazone groups is 1. The Labute approximate surface area is 214 Å². The monoisotopic (exact) mass is 556 g/mol. The fraction of sp³-hybridized carbons (Fsp3) is 0.250. The number of imidazole rings is 1. The second-order valence-electron chi connectivity index (χ2n) is 8.08. The number of aliphatic imine (C=N–C) groups is 1. The Kier molecular flexibility index (Phi) is 6.87. The fourth-order valence-corrected chi connectivity index (χ4v) is 5.32. The minimum atomic E-state index is -0.908. The number of anilines is 1. The predicted octanol–water partition coefficient (Wildman–Crippen LogP) is 4.61. The quantitative estimate of drug-likeness (QED) is 0.408. The zero-order valence-corrected chi connectivity index (χ0v) is 21.0. The Bertz CT molecular complexity index is 1300. The zero-order chi connectivity index (χ0) is 24.4. The van der Waals surface area contributed by atoms with Gasteiger partial charge in [-0.3, -0.25) is 9.79 Å². The first-order chi connectivity index (χ1) is 17.0. The molecule has 0 bridgehead atoms. The summed E-state index contributed by atoms with van der Waals surface area (Å²) in [5, 5.41) is 14.2. The van der Waals surface area contributed by atoms with Gasteiger partial charge in [0.25, 0.3) is 0 Å². The van der Waals surface area contributed by atoms with E-state index in [2.05, 4.69) is 25.8 Å². The highest BCUT2D eigenvalue weighted by molar-refractivity contribution is 9.10. The van der Waals surface area contributed by atoms with E-state index in [1.54, 1.807) is 42.7 Å². The average molecular weight is 557 g/mol. The third-order valence-electron chi connectivity index (χ3n) is 5.75. The van der Waals surface area contributed by atoms with Crippen molar-refractivity contribution >= 4 is 51.1 Å². The van der Waals surface area contributed by atoms with E-state index in [1.165, 1.54) is 6.07 Å². The molecule has 2 aromatic carbocycles. The number of carboxylic acid groups (broad SMARTS) is 1. The molecule has 3 heterocycles. The van der Waals surface area contributed by atoms with Crippen molar-refractivity contribution in [3.63, 3.8) is 0 Å². The van der Waals surface area contributed by atoms with Crippen LogP contribution in [0.4, 0.5) is 10.1 Å². The lowest BCUT2D eigenvalue weighted by Gasteiger charge is -2.23. The van der Waals surface area contributed by atoms with Crippen molar-refractivity contribution in [3.8, 4) is 0 Å². The molecule has 2 aliphatic rings. The smallest absolute Gasteiger partial charge is 0.303 e. The summed E-state index contributed by atoms with van der Waals surface area (Å²) in [6.07, 6.45) is 5.63. The van der Waals surface area contributed by atoms with Gasteiger partial charge in [0, 0.05) is 46.7 Å². The molecule has 0 amide bonds. The van der Waals surface area contributed by atoms with Gasteiger partial charge in [-0.15, -0.1) is 5.10 Å². The van der Waals surface area contributed by atoms with Crippen LogP contribution in [0.5, 0.6) is 0 Å². The number of carbonyl (C=O) groups is 1. The van der Waals surface area contributed by atoms with E-state index < -0.39 is 12.0 Å². The van der Waals surface area contributed by atoms with E-state index in [9.17, 15) is 14.3 Å². The number of halogens is 2. The molecule has 1 aromatic heterocycles. The van der Waals surface area contributed by atoms with Gasteiger partial charge in [0.05, 0.1) is 17.7 Å². The van der Waals surface area contributed by atoms with Crippen LogP contribution >= 0.6 is 27.9 Å². The van der Waals surface area contributed by atoms with E-state index >= 15 is 0 Å². The molecule has 5 rings (SSSR count). The summed E-state index contributed by atoms with van der Waals surface area (Å²) in [5.41, 5.74) is 2.48. The van der Waals surface area contributed by atoms with E-state index in [1.807, 2.05) is 33.4 Å². The Balaban J connectivity index is 1.53. The normalized spacial score (nSPS) is 16.9. The number of fused-ring (bicyclic) bond motifs is 3. The molecule has 11 heteroatoms. The molecular weight excluding hydrogens is 535 g/mol. The fourth-order valence-electron chi connectivity index (χ4n) is 4.12. The molecule has 8 nitrogen and oxygen atoms in total. The molecular formula is C24H22BrFN6O2S. The van der Waals surface area contributed by atoms with Gasteiger partial charge in [-0.2, -0.15) is 0 Å². The average Bonchev–Trinajstić information content (AvgIpc) is 3.48. The van der Waals surface area contributed by atoms with Crippen LogP contribution in [0, 0.1) is 5.82 Å². The van der Waals surface area contributed by atoms with Crippen LogP contribution in [0.25, 0.3) is 0 Å². The molecule has 180 valence electrons. The largest absolute Gasteiger partial charge is 0.481 e. The van der Waals surface area contributed by atoms with Gasteiger partial charge >= 0.3 is 5.97 Å². The molecule has 0 fully saturated rings. The molecule has 0 saturated heterocycles. The molecule has 35 heavy (non-hydrogen) atoms. The molecule has 0 radical (unpaired) electrons. The maximum absolute atomic E-state index is 14.9. The predicted molar refractivity (Wildman–Crippen MR) is 138 cm³/mol. The molecule has 3 aromatic rings. The maximum atomic E-state index is 14.9. The topological polar surface area (TPSA) is 86.3 Å². The minimum absolute atomic E-state index is 0.0700. The highest BCUT2D eigenvalue weighted by Gasteiger charge is 2.36. The SMILES string of the molecule is O=C(O)CC[C@@H]1N=C(c2ccccc2F)c2cc(Br)ccc2N2CN(SCCn3ccnc3)N=C12. The maximum Gasteiger partial charge on any atom is 0.303 e. The van der Waals surface area contributed by atoms with Gasteiger partial charge in [-0.1, -0.05) is 28.1 Å². The van der Waals surface area contributed by atoms with Crippen molar-refractivity contribution in [1.29, 1.82) is 0 Å². The van der Waals surface area contributed by atoms with Crippen LogP contribution in [0.3, 0.4) is 0 Å². The van der Waals surface area contributed by atoms with Gasteiger partial charge < -0.3 is 14.6 Å². The highest BCUT2D eigenvalue weighted by atomic mass is 79.9. The van der Waals surface area contributed by atoms with Crippen molar-refractivity contribution in [2.75, 3.05) is 17.3 Å². The summed E-state index contributed by atoms with van der Waals surface area (Å²) >= 11 is 5.12. The lowest BCUT2D eigenvalue weighted by Crippen LogP contribution is -2.36. The molecule has 0 unspecified atom stereocenters. The molecule has 2 aliphatic heterocycles. The van der Waals surface area contributed by atoms with Crippen LogP contribution in [-0.4, -0.2) is 55.1 Å². The molecule has 0 spiro atoms. The lowest BCUT2D eigenvalue weighted by atomic mass is 9.99. The third-order valence-corrected chi connectivity index (χ3v) is 7.10. The Morgan fingerprint density at radius 2 is 2.09 bits per heavy atom. The molecule has 0 saturated carbocycles. The molecule has 1 atom stereocenters. The highest BCUT2D eigenvalue weighted by Crippen LogP contribution is 2.36. The number of carboxylic acids is 1. The Morgan fingerprint density at radius 3 is 2.86 bits per heavy atom. The number of amidine groups is 1. The number of aromatic nitrogens is 2. The van der Waals surface area contributed by atoms with Crippen molar-refractivity contribution < 1.29 is 14.3 Å². The van der Waals surface area contributed by atoms with Crippen molar-refractivity contribution in [2.24, 2.45) is 10.1 Å². The number of rotatable bonds is 8. The summed E-state index contributed by atoms with van der Waals surface area (Å²) in [4.78, 5) is 22.5. The number of aliphatic carboxylic acids is 1. The lowest BCUT2D eigenvalue weighted by molar-refractivity contribution is -0.137. The minimum Gasteiger partial charge on any atom is -0.481 e. The first kappa shape index (κ1) is 23.6. The summed E-state index contributed by atoms with van der Waals surface area (Å²) in [6.45, 7) is 1.26. The van der Waals surface area contributed by atoms with Crippen LogP contribution in [0.2, 0.25) is 0 Å². The van der Waals surface area contributed by atoms with Gasteiger partial charge in [0.2, 0.25) is 0 Å².